The highest BCUT2D eigenvalue weighted by Crippen LogP contribution is 2.08. The molecule has 0 atom stereocenters. The fourth-order valence-electron chi connectivity index (χ4n) is 1.21. The highest BCUT2D eigenvalue weighted by atomic mass is 79.9. The second-order valence-electron chi connectivity index (χ2n) is 3.37. The van der Waals surface area contributed by atoms with E-state index in [2.05, 4.69) is 20.7 Å². The standard InChI is InChI=1S/C13H15BrO3/c1-16-13(15)12(14)8-5-9-17-10-11-6-3-2-4-7-11/h2-4,6-8H,5,9-10H2,1H3/b12-8-. The van der Waals surface area contributed by atoms with Crippen LogP contribution in [0.5, 0.6) is 0 Å². The molecule has 1 aromatic carbocycles. The molecule has 0 aliphatic heterocycles. The summed E-state index contributed by atoms with van der Waals surface area (Å²) < 4.78 is 10.4. The van der Waals surface area contributed by atoms with Crippen molar-refractivity contribution in [3.63, 3.8) is 0 Å². The van der Waals surface area contributed by atoms with Gasteiger partial charge in [-0.2, -0.15) is 0 Å². The molecule has 0 amide bonds. The summed E-state index contributed by atoms with van der Waals surface area (Å²) in [5.74, 6) is -0.368. The van der Waals surface area contributed by atoms with E-state index in [0.717, 1.165) is 5.56 Å². The lowest BCUT2D eigenvalue weighted by Gasteiger charge is -2.02. The first-order valence-corrected chi connectivity index (χ1v) is 6.09. The largest absolute Gasteiger partial charge is 0.465 e. The molecule has 92 valence electrons. The van der Waals surface area contributed by atoms with Gasteiger partial charge in [0.2, 0.25) is 0 Å². The molecule has 1 aromatic rings. The van der Waals surface area contributed by atoms with Gasteiger partial charge in [0.05, 0.1) is 24.8 Å². The van der Waals surface area contributed by atoms with Crippen LogP contribution in [0, 0.1) is 0 Å². The number of esters is 1. The van der Waals surface area contributed by atoms with Crippen molar-refractivity contribution in [2.45, 2.75) is 13.0 Å². The third kappa shape index (κ3) is 5.65. The van der Waals surface area contributed by atoms with E-state index >= 15 is 0 Å². The summed E-state index contributed by atoms with van der Waals surface area (Å²) in [6.45, 7) is 1.16. The van der Waals surface area contributed by atoms with Crippen LogP contribution in [-0.2, 0) is 20.9 Å². The van der Waals surface area contributed by atoms with Crippen LogP contribution in [0.2, 0.25) is 0 Å². The van der Waals surface area contributed by atoms with Gasteiger partial charge in [-0.15, -0.1) is 0 Å². The predicted molar refractivity (Wildman–Crippen MR) is 69.7 cm³/mol. The average molecular weight is 299 g/mol. The molecule has 4 heteroatoms. The molecule has 0 fully saturated rings. The van der Waals surface area contributed by atoms with Crippen molar-refractivity contribution in [1.82, 2.24) is 0 Å². The maximum absolute atomic E-state index is 11.0. The molecule has 0 aliphatic rings. The summed E-state index contributed by atoms with van der Waals surface area (Å²) in [5, 5.41) is 0. The van der Waals surface area contributed by atoms with Crippen molar-refractivity contribution >= 4 is 21.9 Å². The Hall–Kier alpha value is -1.13. The molecule has 0 bridgehead atoms. The molecule has 0 N–H and O–H groups in total. The molecule has 3 nitrogen and oxygen atoms in total. The number of halogens is 1. The fourth-order valence-corrected chi connectivity index (χ4v) is 1.60. The first-order chi connectivity index (χ1) is 8.24. The van der Waals surface area contributed by atoms with Crippen LogP contribution in [0.15, 0.2) is 40.9 Å². The van der Waals surface area contributed by atoms with Crippen molar-refractivity contribution in [1.29, 1.82) is 0 Å². The van der Waals surface area contributed by atoms with Gasteiger partial charge < -0.3 is 9.47 Å². The summed E-state index contributed by atoms with van der Waals surface area (Å²) in [7, 11) is 1.35. The Morgan fingerprint density at radius 1 is 1.35 bits per heavy atom. The minimum absolute atomic E-state index is 0.368. The van der Waals surface area contributed by atoms with Crippen LogP contribution >= 0.6 is 15.9 Å². The average Bonchev–Trinajstić information content (AvgIpc) is 2.38. The summed E-state index contributed by atoms with van der Waals surface area (Å²) in [5.41, 5.74) is 1.14. The third-order valence-electron chi connectivity index (χ3n) is 2.08. The highest BCUT2D eigenvalue weighted by molar-refractivity contribution is 9.12. The van der Waals surface area contributed by atoms with Crippen LogP contribution in [-0.4, -0.2) is 19.7 Å². The van der Waals surface area contributed by atoms with Crippen molar-refractivity contribution in [3.8, 4) is 0 Å². The van der Waals surface area contributed by atoms with E-state index in [1.54, 1.807) is 6.08 Å². The van der Waals surface area contributed by atoms with E-state index in [-0.39, 0.29) is 5.97 Å². The van der Waals surface area contributed by atoms with E-state index < -0.39 is 0 Å². The summed E-state index contributed by atoms with van der Waals surface area (Å²) in [6, 6.07) is 9.96. The lowest BCUT2D eigenvalue weighted by Crippen LogP contribution is -2.00. The molecular formula is C13H15BrO3. The molecule has 1 rings (SSSR count). The Morgan fingerprint density at radius 3 is 2.71 bits per heavy atom. The molecule has 0 unspecified atom stereocenters. The van der Waals surface area contributed by atoms with Gasteiger partial charge in [-0.1, -0.05) is 36.4 Å². The Kier molecular flexibility index (Phi) is 6.58. The number of rotatable bonds is 6. The summed E-state index contributed by atoms with van der Waals surface area (Å²) in [6.07, 6.45) is 2.42. The van der Waals surface area contributed by atoms with Crippen molar-refractivity contribution < 1.29 is 14.3 Å². The predicted octanol–water partition coefficient (Wildman–Crippen LogP) is 3.05. The zero-order valence-corrected chi connectivity index (χ0v) is 11.3. The van der Waals surface area contributed by atoms with E-state index in [4.69, 9.17) is 4.74 Å². The molecule has 0 saturated heterocycles. The van der Waals surface area contributed by atoms with Crippen molar-refractivity contribution in [3.05, 3.63) is 46.5 Å². The van der Waals surface area contributed by atoms with Gasteiger partial charge >= 0.3 is 5.97 Å². The number of hydrogen-bond acceptors (Lipinski definition) is 3. The normalized spacial score (nSPS) is 11.3. The molecule has 0 spiro atoms. The highest BCUT2D eigenvalue weighted by Gasteiger charge is 2.03. The number of methoxy groups -OCH3 is 1. The van der Waals surface area contributed by atoms with Crippen LogP contribution in [0.25, 0.3) is 0 Å². The number of hydrogen-bond donors (Lipinski definition) is 0. The van der Waals surface area contributed by atoms with Crippen LogP contribution in [0.1, 0.15) is 12.0 Å². The van der Waals surface area contributed by atoms with E-state index in [1.807, 2.05) is 30.3 Å². The zero-order valence-electron chi connectivity index (χ0n) is 9.69. The van der Waals surface area contributed by atoms with Gasteiger partial charge in [0.15, 0.2) is 0 Å². The molecular weight excluding hydrogens is 284 g/mol. The minimum Gasteiger partial charge on any atom is -0.465 e. The van der Waals surface area contributed by atoms with E-state index in [0.29, 0.717) is 24.1 Å². The molecule has 0 radical (unpaired) electrons. The quantitative estimate of drug-likeness (QED) is 0.460. The smallest absolute Gasteiger partial charge is 0.344 e. The van der Waals surface area contributed by atoms with Gasteiger partial charge in [0, 0.05) is 0 Å². The van der Waals surface area contributed by atoms with Gasteiger partial charge in [0.25, 0.3) is 0 Å². The maximum atomic E-state index is 11.0. The molecule has 0 aliphatic carbocycles. The first-order valence-electron chi connectivity index (χ1n) is 5.29. The monoisotopic (exact) mass is 298 g/mol. The van der Waals surface area contributed by atoms with Gasteiger partial charge in [-0.3, -0.25) is 0 Å². The molecule has 0 aromatic heterocycles. The first kappa shape index (κ1) is 13.9. The Labute approximate surface area is 110 Å². The number of ether oxygens (including phenoxy) is 2. The van der Waals surface area contributed by atoms with Gasteiger partial charge in [0.1, 0.15) is 0 Å². The minimum atomic E-state index is -0.368. The van der Waals surface area contributed by atoms with Crippen molar-refractivity contribution in [2.24, 2.45) is 0 Å². The van der Waals surface area contributed by atoms with Gasteiger partial charge in [-0.25, -0.2) is 4.79 Å². The SMILES string of the molecule is COC(=O)/C(Br)=C/CCOCc1ccccc1. The van der Waals surface area contributed by atoms with Crippen molar-refractivity contribution in [2.75, 3.05) is 13.7 Å². The van der Waals surface area contributed by atoms with Gasteiger partial charge in [-0.05, 0) is 27.9 Å². The maximum Gasteiger partial charge on any atom is 0.344 e. The van der Waals surface area contributed by atoms with Crippen LogP contribution in [0.3, 0.4) is 0 Å². The van der Waals surface area contributed by atoms with E-state index in [1.165, 1.54) is 7.11 Å². The Morgan fingerprint density at radius 2 is 2.06 bits per heavy atom. The Bertz CT molecular complexity index is 374. The van der Waals surface area contributed by atoms with Crippen LogP contribution in [0.4, 0.5) is 0 Å². The third-order valence-corrected chi connectivity index (χ3v) is 2.73. The zero-order chi connectivity index (χ0) is 12.5. The molecule has 0 saturated carbocycles. The number of carbonyl (C=O) groups excluding carboxylic acids is 1. The number of carbonyl (C=O) groups is 1. The topological polar surface area (TPSA) is 35.5 Å². The summed E-state index contributed by atoms with van der Waals surface area (Å²) in [4.78, 5) is 11.0. The van der Waals surface area contributed by atoms with Crippen LogP contribution < -0.4 is 0 Å². The second-order valence-corrected chi connectivity index (χ2v) is 4.22. The Balaban J connectivity index is 2.19. The molecule has 0 heterocycles. The van der Waals surface area contributed by atoms with E-state index in [9.17, 15) is 4.79 Å². The second kappa shape index (κ2) is 8.03. The lowest BCUT2D eigenvalue weighted by atomic mass is 10.2. The fraction of sp³-hybridized carbons (Fsp3) is 0.308. The summed E-state index contributed by atoms with van der Waals surface area (Å²) >= 11 is 3.13. The lowest BCUT2D eigenvalue weighted by molar-refractivity contribution is -0.135. The molecule has 17 heavy (non-hydrogen) atoms. The number of benzene rings is 1.